The monoisotopic (exact) mass is 336 g/mol. The number of benzene rings is 1. The van der Waals surface area contributed by atoms with E-state index in [1.165, 1.54) is 19.3 Å². The van der Waals surface area contributed by atoms with E-state index >= 15 is 0 Å². The Balaban J connectivity index is 1.36. The first-order valence-electron chi connectivity index (χ1n) is 8.51. The molecule has 126 valence electrons. The van der Waals surface area contributed by atoms with Crippen LogP contribution in [0.25, 0.3) is 0 Å². The van der Waals surface area contributed by atoms with Gasteiger partial charge in [-0.15, -0.1) is 0 Å². The van der Waals surface area contributed by atoms with E-state index in [2.05, 4.69) is 13.8 Å². The number of hydrogen-bond donors (Lipinski definition) is 0. The zero-order chi connectivity index (χ0) is 16.4. The molecular formula is C19H25ClO3. The van der Waals surface area contributed by atoms with Crippen molar-refractivity contribution in [3.8, 4) is 5.75 Å². The molecule has 0 heterocycles. The second-order valence-corrected chi connectivity index (χ2v) is 7.89. The fourth-order valence-electron chi connectivity index (χ4n) is 4.35. The van der Waals surface area contributed by atoms with Crippen LogP contribution in [0.4, 0.5) is 0 Å². The van der Waals surface area contributed by atoms with Gasteiger partial charge in [-0.3, -0.25) is 0 Å². The summed E-state index contributed by atoms with van der Waals surface area (Å²) >= 11 is 5.80. The molecule has 4 heteroatoms. The van der Waals surface area contributed by atoms with Gasteiger partial charge in [0.2, 0.25) is 0 Å². The Morgan fingerprint density at radius 3 is 2.65 bits per heavy atom. The van der Waals surface area contributed by atoms with Crippen LogP contribution < -0.4 is 4.74 Å². The summed E-state index contributed by atoms with van der Waals surface area (Å²) in [6.07, 6.45) is 4.97. The normalized spacial score (nSPS) is 27.9. The summed E-state index contributed by atoms with van der Waals surface area (Å²) in [6, 6.07) is 6.96. The lowest BCUT2D eigenvalue weighted by Crippen LogP contribution is -2.52. The van der Waals surface area contributed by atoms with Gasteiger partial charge < -0.3 is 9.47 Å². The van der Waals surface area contributed by atoms with E-state index < -0.39 is 0 Å². The van der Waals surface area contributed by atoms with Crippen molar-refractivity contribution in [2.45, 2.75) is 39.5 Å². The minimum absolute atomic E-state index is 0.0523. The molecule has 3 saturated carbocycles. The van der Waals surface area contributed by atoms with Gasteiger partial charge >= 0.3 is 5.97 Å². The molecule has 2 bridgehead atoms. The van der Waals surface area contributed by atoms with E-state index in [1.54, 1.807) is 24.3 Å². The van der Waals surface area contributed by atoms with Gasteiger partial charge in [-0.2, -0.15) is 0 Å². The second-order valence-electron chi connectivity index (χ2n) is 7.45. The van der Waals surface area contributed by atoms with Crippen LogP contribution in [0.5, 0.6) is 5.75 Å². The Labute approximate surface area is 143 Å². The van der Waals surface area contributed by atoms with E-state index in [1.807, 2.05) is 0 Å². The lowest BCUT2D eigenvalue weighted by molar-refractivity contribution is -0.148. The Bertz CT molecular complexity index is 550. The molecule has 23 heavy (non-hydrogen) atoms. The molecule has 3 nitrogen and oxygen atoms in total. The first-order chi connectivity index (χ1) is 11.0. The Hall–Kier alpha value is -1.22. The first kappa shape index (κ1) is 16.6. The molecule has 3 atom stereocenters. The topological polar surface area (TPSA) is 35.5 Å². The average molecular weight is 337 g/mol. The van der Waals surface area contributed by atoms with Gasteiger partial charge in [-0.05, 0) is 73.1 Å². The van der Waals surface area contributed by atoms with Gasteiger partial charge in [0.15, 0.2) is 6.61 Å². The molecule has 0 saturated heterocycles. The lowest BCUT2D eigenvalue weighted by atomic mass is 9.45. The van der Waals surface area contributed by atoms with Gasteiger partial charge in [-0.25, -0.2) is 4.79 Å². The number of hydrogen-bond acceptors (Lipinski definition) is 3. The number of rotatable bonds is 6. The van der Waals surface area contributed by atoms with Crippen LogP contribution >= 0.6 is 11.6 Å². The molecule has 0 radical (unpaired) electrons. The van der Waals surface area contributed by atoms with Crippen molar-refractivity contribution in [2.24, 2.45) is 23.2 Å². The van der Waals surface area contributed by atoms with Crippen LogP contribution in [0.1, 0.15) is 39.5 Å². The first-order valence-corrected chi connectivity index (χ1v) is 8.88. The van der Waals surface area contributed by atoms with E-state index in [4.69, 9.17) is 21.1 Å². The van der Waals surface area contributed by atoms with Crippen molar-refractivity contribution in [3.63, 3.8) is 0 Å². The maximum atomic E-state index is 11.8. The summed E-state index contributed by atoms with van der Waals surface area (Å²) in [4.78, 5) is 11.8. The molecule has 4 rings (SSSR count). The van der Waals surface area contributed by atoms with Gasteiger partial charge in [0.05, 0.1) is 6.61 Å². The van der Waals surface area contributed by atoms with Crippen LogP contribution in [0.2, 0.25) is 5.02 Å². The van der Waals surface area contributed by atoms with Crippen LogP contribution in [0.15, 0.2) is 24.3 Å². The van der Waals surface area contributed by atoms with Gasteiger partial charge in [0, 0.05) is 5.02 Å². The number of ether oxygens (including phenoxy) is 2. The van der Waals surface area contributed by atoms with Gasteiger partial charge in [0.1, 0.15) is 5.75 Å². The van der Waals surface area contributed by atoms with Crippen molar-refractivity contribution in [1.82, 2.24) is 0 Å². The SMILES string of the molecule is CC1(C)[C@@H]2CC[C@@H](CCOC(=O)COc3ccc(Cl)cc3)[C@@H]1C2. The highest BCUT2D eigenvalue weighted by molar-refractivity contribution is 6.30. The van der Waals surface area contributed by atoms with Crippen LogP contribution in [0.3, 0.4) is 0 Å². The van der Waals surface area contributed by atoms with E-state index in [0.717, 1.165) is 18.3 Å². The Morgan fingerprint density at radius 1 is 1.26 bits per heavy atom. The molecule has 0 amide bonds. The Kier molecular flexibility index (Phi) is 4.86. The van der Waals surface area contributed by atoms with Crippen LogP contribution in [0, 0.1) is 23.2 Å². The predicted octanol–water partition coefficient (Wildman–Crippen LogP) is 4.72. The fourth-order valence-corrected chi connectivity index (χ4v) is 4.47. The van der Waals surface area contributed by atoms with E-state index in [-0.39, 0.29) is 12.6 Å². The predicted molar refractivity (Wildman–Crippen MR) is 90.6 cm³/mol. The second kappa shape index (κ2) is 6.72. The number of fused-ring (bicyclic) bond motifs is 2. The summed E-state index contributed by atoms with van der Waals surface area (Å²) in [5, 5.41) is 0.647. The molecule has 3 fully saturated rings. The van der Waals surface area contributed by atoms with Crippen LogP contribution in [-0.2, 0) is 9.53 Å². The smallest absolute Gasteiger partial charge is 0.344 e. The minimum Gasteiger partial charge on any atom is -0.482 e. The standard InChI is InChI=1S/C19H25ClO3/c1-19(2)14-4-3-13(17(19)11-14)9-10-22-18(21)12-23-16-7-5-15(20)6-8-16/h5-8,13-14,17H,3-4,9-12H2,1-2H3/t13-,14+,17-/m0/s1. The number of carbonyl (C=O) groups is 1. The Morgan fingerprint density at radius 2 is 2.00 bits per heavy atom. The molecule has 0 aliphatic heterocycles. The summed E-state index contributed by atoms with van der Waals surface area (Å²) in [5.74, 6) is 2.76. The van der Waals surface area contributed by atoms with Crippen molar-refractivity contribution in [1.29, 1.82) is 0 Å². The highest BCUT2D eigenvalue weighted by Gasteiger charge is 2.53. The fraction of sp³-hybridized carbons (Fsp3) is 0.632. The van der Waals surface area contributed by atoms with Crippen molar-refractivity contribution in [2.75, 3.05) is 13.2 Å². The molecule has 3 aliphatic rings. The summed E-state index contributed by atoms with van der Waals surface area (Å²) in [6.45, 7) is 5.24. The van der Waals surface area contributed by atoms with Crippen molar-refractivity contribution >= 4 is 17.6 Å². The van der Waals surface area contributed by atoms with E-state index in [0.29, 0.717) is 28.7 Å². The molecular weight excluding hydrogens is 312 g/mol. The molecule has 1 aromatic carbocycles. The number of carbonyl (C=O) groups excluding carboxylic acids is 1. The molecule has 0 unspecified atom stereocenters. The maximum Gasteiger partial charge on any atom is 0.344 e. The minimum atomic E-state index is -0.304. The lowest BCUT2D eigenvalue weighted by Gasteiger charge is -2.60. The van der Waals surface area contributed by atoms with Crippen LogP contribution in [-0.4, -0.2) is 19.2 Å². The zero-order valence-corrected chi connectivity index (χ0v) is 14.6. The maximum absolute atomic E-state index is 11.8. The number of halogens is 1. The van der Waals surface area contributed by atoms with Gasteiger partial charge in [-0.1, -0.05) is 25.4 Å². The van der Waals surface area contributed by atoms with E-state index in [9.17, 15) is 4.79 Å². The van der Waals surface area contributed by atoms with Crippen molar-refractivity contribution < 1.29 is 14.3 Å². The zero-order valence-electron chi connectivity index (χ0n) is 13.9. The largest absolute Gasteiger partial charge is 0.482 e. The molecule has 0 aromatic heterocycles. The summed E-state index contributed by atoms with van der Waals surface area (Å²) in [5.41, 5.74) is 0.491. The summed E-state index contributed by atoms with van der Waals surface area (Å²) in [7, 11) is 0. The number of esters is 1. The third-order valence-electron chi connectivity index (χ3n) is 5.92. The summed E-state index contributed by atoms with van der Waals surface area (Å²) < 4.78 is 10.7. The average Bonchev–Trinajstić information content (AvgIpc) is 2.54. The third-order valence-corrected chi connectivity index (χ3v) is 6.18. The van der Waals surface area contributed by atoms with Gasteiger partial charge in [0.25, 0.3) is 0 Å². The third kappa shape index (κ3) is 3.65. The highest BCUT2D eigenvalue weighted by Crippen LogP contribution is 2.61. The van der Waals surface area contributed by atoms with Crippen molar-refractivity contribution in [3.05, 3.63) is 29.3 Å². The molecule has 0 spiro atoms. The highest BCUT2D eigenvalue weighted by atomic mass is 35.5. The molecule has 3 aliphatic carbocycles. The molecule has 0 N–H and O–H groups in total. The molecule has 1 aromatic rings. The quantitative estimate of drug-likeness (QED) is 0.705.